The lowest BCUT2D eigenvalue weighted by molar-refractivity contribution is 0.356. The highest BCUT2D eigenvalue weighted by molar-refractivity contribution is 9.10. The first-order chi connectivity index (χ1) is 8.61. The van der Waals surface area contributed by atoms with Crippen molar-refractivity contribution in [2.75, 3.05) is 27.2 Å². The number of hydrogen-bond acceptors (Lipinski definition) is 3. The van der Waals surface area contributed by atoms with Crippen LogP contribution in [0.5, 0.6) is 0 Å². The Labute approximate surface area is 119 Å². The average Bonchev–Trinajstić information content (AvgIpc) is 2.32. The lowest BCUT2D eigenvalue weighted by Crippen LogP contribution is -2.34. The van der Waals surface area contributed by atoms with E-state index in [0.717, 1.165) is 24.0 Å². The summed E-state index contributed by atoms with van der Waals surface area (Å²) in [6, 6.07) is 2.69. The van der Waals surface area contributed by atoms with Crippen LogP contribution in [0.4, 0.5) is 0 Å². The van der Waals surface area contributed by atoms with Crippen LogP contribution in [0.3, 0.4) is 0 Å². The Bertz CT molecular complexity index is 342. The van der Waals surface area contributed by atoms with Gasteiger partial charge in [-0.15, -0.1) is 0 Å². The predicted molar refractivity (Wildman–Crippen MR) is 80.9 cm³/mol. The van der Waals surface area contributed by atoms with Crippen LogP contribution in [0.2, 0.25) is 0 Å². The molecule has 3 nitrogen and oxygen atoms in total. The second-order valence-electron chi connectivity index (χ2n) is 4.96. The lowest BCUT2D eigenvalue weighted by atomic mass is 10.0. The van der Waals surface area contributed by atoms with Gasteiger partial charge in [-0.2, -0.15) is 0 Å². The summed E-state index contributed by atoms with van der Waals surface area (Å²) in [4.78, 5) is 6.46. The van der Waals surface area contributed by atoms with E-state index in [9.17, 15) is 0 Å². The minimum Gasteiger partial charge on any atom is -0.314 e. The molecule has 0 spiro atoms. The summed E-state index contributed by atoms with van der Waals surface area (Å²) >= 11 is 3.48. The third-order valence-electron chi connectivity index (χ3n) is 2.85. The molecule has 18 heavy (non-hydrogen) atoms. The van der Waals surface area contributed by atoms with Gasteiger partial charge in [0.15, 0.2) is 0 Å². The van der Waals surface area contributed by atoms with Gasteiger partial charge in [0.05, 0.1) is 0 Å². The SMILES string of the molecule is CCCNC(CCN(C)C)Cc1cncc(Br)c1. The third kappa shape index (κ3) is 6.47. The molecule has 0 aromatic carbocycles. The fourth-order valence-corrected chi connectivity index (χ4v) is 2.30. The van der Waals surface area contributed by atoms with E-state index >= 15 is 0 Å². The van der Waals surface area contributed by atoms with Crippen LogP contribution in [0.15, 0.2) is 22.9 Å². The summed E-state index contributed by atoms with van der Waals surface area (Å²) in [7, 11) is 4.25. The molecule has 0 radical (unpaired) electrons. The van der Waals surface area contributed by atoms with Crippen molar-refractivity contribution in [3.8, 4) is 0 Å². The predicted octanol–water partition coefficient (Wildman–Crippen LogP) is 2.71. The fraction of sp³-hybridized carbons (Fsp3) is 0.643. The van der Waals surface area contributed by atoms with Crippen molar-refractivity contribution in [3.05, 3.63) is 28.5 Å². The van der Waals surface area contributed by atoms with Gasteiger partial charge in [0.1, 0.15) is 0 Å². The zero-order valence-corrected chi connectivity index (χ0v) is 13.2. The summed E-state index contributed by atoms with van der Waals surface area (Å²) in [6.07, 6.45) is 7.17. The van der Waals surface area contributed by atoms with Crippen LogP contribution in [0.25, 0.3) is 0 Å². The van der Waals surface area contributed by atoms with Crippen molar-refractivity contribution >= 4 is 15.9 Å². The van der Waals surface area contributed by atoms with Crippen LogP contribution >= 0.6 is 15.9 Å². The van der Waals surface area contributed by atoms with E-state index in [2.05, 4.69) is 58.2 Å². The van der Waals surface area contributed by atoms with Gasteiger partial charge in [0, 0.05) is 22.9 Å². The van der Waals surface area contributed by atoms with Crippen molar-refractivity contribution < 1.29 is 0 Å². The van der Waals surface area contributed by atoms with Crippen LogP contribution < -0.4 is 5.32 Å². The number of pyridine rings is 1. The standard InChI is InChI=1S/C14H24BrN3/c1-4-6-17-14(5-7-18(2)3)9-12-8-13(15)11-16-10-12/h8,10-11,14,17H,4-7,9H2,1-3H3. The van der Waals surface area contributed by atoms with Gasteiger partial charge in [0.2, 0.25) is 0 Å². The van der Waals surface area contributed by atoms with Gasteiger partial charge in [-0.3, -0.25) is 4.98 Å². The Hall–Kier alpha value is -0.450. The first-order valence-electron chi connectivity index (χ1n) is 6.59. The quantitative estimate of drug-likeness (QED) is 0.800. The normalized spacial score (nSPS) is 12.9. The van der Waals surface area contributed by atoms with Crippen molar-refractivity contribution in [1.82, 2.24) is 15.2 Å². The monoisotopic (exact) mass is 313 g/mol. The molecule has 1 atom stereocenters. The Morgan fingerprint density at radius 2 is 2.17 bits per heavy atom. The van der Waals surface area contributed by atoms with Crippen molar-refractivity contribution in [2.24, 2.45) is 0 Å². The largest absolute Gasteiger partial charge is 0.314 e. The van der Waals surface area contributed by atoms with Crippen molar-refractivity contribution in [1.29, 1.82) is 0 Å². The van der Waals surface area contributed by atoms with Crippen molar-refractivity contribution in [3.63, 3.8) is 0 Å². The molecule has 1 unspecified atom stereocenters. The Balaban J connectivity index is 2.53. The summed E-state index contributed by atoms with van der Waals surface area (Å²) in [5, 5.41) is 3.62. The highest BCUT2D eigenvalue weighted by atomic mass is 79.9. The highest BCUT2D eigenvalue weighted by Gasteiger charge is 2.09. The number of halogens is 1. The summed E-state index contributed by atoms with van der Waals surface area (Å²) in [5.41, 5.74) is 1.29. The molecular formula is C14H24BrN3. The second kappa shape index (κ2) is 8.62. The van der Waals surface area contributed by atoms with Gasteiger partial charge in [-0.05, 0) is 74.0 Å². The Kier molecular flexibility index (Phi) is 7.47. The van der Waals surface area contributed by atoms with E-state index in [1.807, 2.05) is 12.4 Å². The molecule has 1 heterocycles. The first kappa shape index (κ1) is 15.6. The molecule has 4 heteroatoms. The zero-order chi connectivity index (χ0) is 13.4. The Morgan fingerprint density at radius 3 is 2.78 bits per heavy atom. The maximum absolute atomic E-state index is 4.23. The molecule has 1 aromatic rings. The molecule has 1 rings (SSSR count). The third-order valence-corrected chi connectivity index (χ3v) is 3.29. The van der Waals surface area contributed by atoms with Gasteiger partial charge < -0.3 is 10.2 Å². The van der Waals surface area contributed by atoms with Crippen LogP contribution in [-0.4, -0.2) is 43.1 Å². The van der Waals surface area contributed by atoms with E-state index in [0.29, 0.717) is 6.04 Å². The average molecular weight is 314 g/mol. The molecule has 0 fully saturated rings. The molecule has 0 saturated heterocycles. The number of nitrogens with one attached hydrogen (secondary N) is 1. The topological polar surface area (TPSA) is 28.2 Å². The Morgan fingerprint density at radius 1 is 1.39 bits per heavy atom. The molecule has 0 saturated carbocycles. The number of hydrogen-bond donors (Lipinski definition) is 1. The molecule has 0 amide bonds. The van der Waals surface area contributed by atoms with Gasteiger partial charge in [-0.25, -0.2) is 0 Å². The highest BCUT2D eigenvalue weighted by Crippen LogP contribution is 2.12. The van der Waals surface area contributed by atoms with Crippen LogP contribution in [-0.2, 0) is 6.42 Å². The molecule has 0 bridgehead atoms. The molecule has 0 aliphatic carbocycles. The summed E-state index contributed by atoms with van der Waals surface area (Å²) in [6.45, 7) is 4.40. The molecule has 102 valence electrons. The van der Waals surface area contributed by atoms with Crippen molar-refractivity contribution in [2.45, 2.75) is 32.2 Å². The number of nitrogens with zero attached hydrogens (tertiary/aromatic N) is 2. The van der Waals surface area contributed by atoms with Gasteiger partial charge >= 0.3 is 0 Å². The minimum atomic E-state index is 0.531. The van der Waals surface area contributed by atoms with E-state index in [1.54, 1.807) is 0 Å². The zero-order valence-electron chi connectivity index (χ0n) is 11.6. The number of aromatic nitrogens is 1. The van der Waals surface area contributed by atoms with Crippen LogP contribution in [0, 0.1) is 0 Å². The second-order valence-corrected chi connectivity index (χ2v) is 5.87. The summed E-state index contributed by atoms with van der Waals surface area (Å²) in [5.74, 6) is 0. The molecule has 0 aliphatic rings. The first-order valence-corrected chi connectivity index (χ1v) is 7.38. The molecule has 1 aromatic heterocycles. The lowest BCUT2D eigenvalue weighted by Gasteiger charge is -2.20. The van der Waals surface area contributed by atoms with E-state index in [1.165, 1.54) is 18.4 Å². The van der Waals surface area contributed by atoms with E-state index < -0.39 is 0 Å². The van der Waals surface area contributed by atoms with E-state index in [4.69, 9.17) is 0 Å². The molecular weight excluding hydrogens is 290 g/mol. The van der Waals surface area contributed by atoms with E-state index in [-0.39, 0.29) is 0 Å². The maximum atomic E-state index is 4.23. The smallest absolute Gasteiger partial charge is 0.0410 e. The van der Waals surface area contributed by atoms with Gasteiger partial charge in [-0.1, -0.05) is 6.92 Å². The maximum Gasteiger partial charge on any atom is 0.0410 e. The van der Waals surface area contributed by atoms with Crippen LogP contribution in [0.1, 0.15) is 25.3 Å². The molecule has 0 aliphatic heterocycles. The summed E-state index contributed by atoms with van der Waals surface area (Å²) < 4.78 is 1.06. The fourth-order valence-electron chi connectivity index (χ4n) is 1.89. The van der Waals surface area contributed by atoms with Gasteiger partial charge in [0.25, 0.3) is 0 Å². The number of rotatable bonds is 8. The molecule has 1 N–H and O–H groups in total. The minimum absolute atomic E-state index is 0.531.